The van der Waals surface area contributed by atoms with Gasteiger partial charge in [-0.2, -0.15) is 13.2 Å². The Morgan fingerprint density at radius 1 is 1.10 bits per heavy atom. The summed E-state index contributed by atoms with van der Waals surface area (Å²) in [4.78, 5) is 23.0. The molecule has 0 saturated carbocycles. The number of hydrogen-bond donors (Lipinski definition) is 1. The summed E-state index contributed by atoms with van der Waals surface area (Å²) in [7, 11) is 2.12. The van der Waals surface area contributed by atoms with Gasteiger partial charge in [0.25, 0.3) is 0 Å². The number of carbonyl (C=O) groups is 2. The lowest BCUT2D eigenvalue weighted by atomic mass is 9.99. The predicted octanol–water partition coefficient (Wildman–Crippen LogP) is 1.82. The Morgan fingerprint density at radius 2 is 1.60 bits per heavy atom. The Labute approximate surface area is 112 Å². The molecule has 0 bridgehead atoms. The molecular formula is C12H12F3NO4. The van der Waals surface area contributed by atoms with Gasteiger partial charge in [-0.3, -0.25) is 0 Å². The number of halogens is 3. The fraction of sp³-hybridized carbons (Fsp3) is 0.333. The largest absolute Gasteiger partial charge is 0.465 e. The van der Waals surface area contributed by atoms with E-state index < -0.39 is 24.2 Å². The summed E-state index contributed by atoms with van der Waals surface area (Å²) in [5.74, 6) is -1.82. The molecule has 110 valence electrons. The van der Waals surface area contributed by atoms with Gasteiger partial charge < -0.3 is 15.2 Å². The molecule has 0 aliphatic rings. The fourth-order valence-corrected chi connectivity index (χ4v) is 1.51. The van der Waals surface area contributed by atoms with Crippen molar-refractivity contribution in [2.45, 2.75) is 12.2 Å². The highest BCUT2D eigenvalue weighted by atomic mass is 19.4. The third-order valence-corrected chi connectivity index (χ3v) is 2.57. The molecule has 8 heteroatoms. The second-order valence-electron chi connectivity index (χ2n) is 3.81. The van der Waals surface area contributed by atoms with Crippen LogP contribution in [0.5, 0.6) is 0 Å². The minimum atomic E-state index is -4.67. The average Bonchev–Trinajstić information content (AvgIpc) is 2.43. The first-order valence-corrected chi connectivity index (χ1v) is 5.35. The summed E-state index contributed by atoms with van der Waals surface area (Å²) in [6, 6.07) is 0.657. The molecule has 0 saturated heterocycles. The van der Waals surface area contributed by atoms with Crippen LogP contribution in [0.2, 0.25) is 0 Å². The molecule has 0 spiro atoms. The zero-order valence-corrected chi connectivity index (χ0v) is 10.7. The molecule has 0 amide bonds. The van der Waals surface area contributed by atoms with Gasteiger partial charge in [-0.05, 0) is 17.7 Å². The van der Waals surface area contributed by atoms with E-state index in [1.54, 1.807) is 0 Å². The van der Waals surface area contributed by atoms with E-state index in [-0.39, 0.29) is 16.7 Å². The van der Waals surface area contributed by atoms with Gasteiger partial charge in [-0.15, -0.1) is 0 Å². The van der Waals surface area contributed by atoms with Gasteiger partial charge >= 0.3 is 18.1 Å². The van der Waals surface area contributed by atoms with E-state index in [1.807, 2.05) is 0 Å². The van der Waals surface area contributed by atoms with E-state index in [9.17, 15) is 22.8 Å². The predicted molar refractivity (Wildman–Crippen MR) is 62.1 cm³/mol. The lowest BCUT2D eigenvalue weighted by Crippen LogP contribution is -2.29. The molecule has 20 heavy (non-hydrogen) atoms. The topological polar surface area (TPSA) is 78.6 Å². The van der Waals surface area contributed by atoms with E-state index in [0.29, 0.717) is 0 Å². The number of carbonyl (C=O) groups excluding carboxylic acids is 2. The highest BCUT2D eigenvalue weighted by molar-refractivity contribution is 6.03. The third-order valence-electron chi connectivity index (χ3n) is 2.57. The first-order chi connectivity index (χ1) is 9.22. The summed E-state index contributed by atoms with van der Waals surface area (Å²) < 4.78 is 46.5. The van der Waals surface area contributed by atoms with Crippen molar-refractivity contribution in [2.75, 3.05) is 14.2 Å². The highest BCUT2D eigenvalue weighted by Crippen LogP contribution is 2.31. The van der Waals surface area contributed by atoms with Crippen molar-refractivity contribution in [1.82, 2.24) is 0 Å². The van der Waals surface area contributed by atoms with Crippen molar-refractivity contribution in [2.24, 2.45) is 5.73 Å². The molecule has 0 aromatic heterocycles. The van der Waals surface area contributed by atoms with Crippen molar-refractivity contribution in [3.63, 3.8) is 0 Å². The number of nitrogens with two attached hydrogens (primary N) is 1. The second kappa shape index (κ2) is 5.91. The number of alkyl halides is 3. The average molecular weight is 291 g/mol. The molecule has 5 nitrogen and oxygen atoms in total. The number of hydrogen-bond acceptors (Lipinski definition) is 5. The highest BCUT2D eigenvalue weighted by Gasteiger charge is 2.38. The number of methoxy groups -OCH3 is 2. The van der Waals surface area contributed by atoms with Gasteiger partial charge in [-0.1, -0.05) is 6.07 Å². The van der Waals surface area contributed by atoms with Gasteiger partial charge in [-0.25, -0.2) is 9.59 Å². The zero-order chi connectivity index (χ0) is 15.5. The smallest absolute Gasteiger partial charge is 0.407 e. The summed E-state index contributed by atoms with van der Waals surface area (Å²) in [5, 5.41) is 0. The van der Waals surface area contributed by atoms with Crippen LogP contribution >= 0.6 is 0 Å². The van der Waals surface area contributed by atoms with Crippen LogP contribution < -0.4 is 5.73 Å². The van der Waals surface area contributed by atoms with E-state index in [1.165, 1.54) is 0 Å². The molecule has 0 radical (unpaired) electrons. The van der Waals surface area contributed by atoms with Crippen LogP contribution in [0, 0.1) is 0 Å². The lowest BCUT2D eigenvalue weighted by Gasteiger charge is -2.17. The van der Waals surface area contributed by atoms with E-state index in [4.69, 9.17) is 5.73 Å². The van der Waals surface area contributed by atoms with Crippen LogP contribution in [0.25, 0.3) is 0 Å². The Hall–Kier alpha value is -2.09. The Bertz CT molecular complexity index is 528. The number of esters is 2. The van der Waals surface area contributed by atoms with Crippen molar-refractivity contribution < 1.29 is 32.2 Å². The molecule has 0 unspecified atom stereocenters. The van der Waals surface area contributed by atoms with E-state index >= 15 is 0 Å². The lowest BCUT2D eigenvalue weighted by molar-refractivity contribution is -0.149. The SMILES string of the molecule is COC(=O)c1ccc([C@@H](N)C(F)(F)F)cc1C(=O)OC. The Morgan fingerprint density at radius 3 is 2.05 bits per heavy atom. The minimum Gasteiger partial charge on any atom is -0.465 e. The molecule has 1 atom stereocenters. The standard InChI is InChI=1S/C12H12F3NO4/c1-19-10(17)7-4-3-6(9(16)12(13,14)15)5-8(7)11(18)20-2/h3-5,9H,16H2,1-2H3/t9-/m1/s1. The molecule has 1 rings (SSSR count). The number of rotatable bonds is 3. The second-order valence-corrected chi connectivity index (χ2v) is 3.81. The van der Waals surface area contributed by atoms with Gasteiger partial charge in [0, 0.05) is 0 Å². The molecule has 0 fully saturated rings. The van der Waals surface area contributed by atoms with Crippen LogP contribution in [0.3, 0.4) is 0 Å². The molecule has 0 aliphatic carbocycles. The van der Waals surface area contributed by atoms with Gasteiger partial charge in [0.1, 0.15) is 6.04 Å². The van der Waals surface area contributed by atoms with E-state index in [2.05, 4.69) is 9.47 Å². The van der Waals surface area contributed by atoms with E-state index in [0.717, 1.165) is 32.4 Å². The third kappa shape index (κ3) is 3.27. The quantitative estimate of drug-likeness (QED) is 0.859. The molecule has 1 aromatic rings. The fourth-order valence-electron chi connectivity index (χ4n) is 1.51. The molecule has 1 aromatic carbocycles. The van der Waals surface area contributed by atoms with Crippen LogP contribution in [-0.4, -0.2) is 32.3 Å². The van der Waals surface area contributed by atoms with Crippen LogP contribution in [0.1, 0.15) is 32.3 Å². The maximum Gasteiger partial charge on any atom is 0.407 e. The summed E-state index contributed by atoms with van der Waals surface area (Å²) in [5.41, 5.74) is 4.16. The summed E-state index contributed by atoms with van der Waals surface area (Å²) >= 11 is 0. The maximum atomic E-state index is 12.5. The van der Waals surface area contributed by atoms with Crippen molar-refractivity contribution >= 4 is 11.9 Å². The van der Waals surface area contributed by atoms with Crippen LogP contribution in [0.15, 0.2) is 18.2 Å². The van der Waals surface area contributed by atoms with Gasteiger partial charge in [0.05, 0.1) is 25.3 Å². The summed E-state index contributed by atoms with van der Waals surface area (Å²) in [6.45, 7) is 0. The van der Waals surface area contributed by atoms with Crippen molar-refractivity contribution in [3.05, 3.63) is 34.9 Å². The number of benzene rings is 1. The Kier molecular flexibility index (Phi) is 4.72. The maximum absolute atomic E-state index is 12.5. The summed E-state index contributed by atoms with van der Waals surface area (Å²) in [6.07, 6.45) is -4.67. The first kappa shape index (κ1) is 16.0. The molecule has 0 aliphatic heterocycles. The zero-order valence-electron chi connectivity index (χ0n) is 10.7. The number of ether oxygens (including phenoxy) is 2. The molecule has 0 heterocycles. The molecule has 2 N–H and O–H groups in total. The Balaban J connectivity index is 3.35. The monoisotopic (exact) mass is 291 g/mol. The first-order valence-electron chi connectivity index (χ1n) is 5.35. The van der Waals surface area contributed by atoms with Crippen LogP contribution in [-0.2, 0) is 9.47 Å². The molecular weight excluding hydrogens is 279 g/mol. The van der Waals surface area contributed by atoms with Crippen molar-refractivity contribution in [3.8, 4) is 0 Å². The normalized spacial score (nSPS) is 12.7. The van der Waals surface area contributed by atoms with Gasteiger partial charge in [0.15, 0.2) is 0 Å². The van der Waals surface area contributed by atoms with Gasteiger partial charge in [0.2, 0.25) is 0 Å². The van der Waals surface area contributed by atoms with Crippen LogP contribution in [0.4, 0.5) is 13.2 Å². The van der Waals surface area contributed by atoms with Crippen molar-refractivity contribution in [1.29, 1.82) is 0 Å². The minimum absolute atomic E-state index is 0.197.